The predicted molar refractivity (Wildman–Crippen MR) is 65.8 cm³/mol. The molecule has 1 aromatic heterocycles. The molecule has 0 N–H and O–H groups in total. The molecule has 1 aliphatic rings. The highest BCUT2D eigenvalue weighted by Gasteiger charge is 2.32. The van der Waals surface area contributed by atoms with E-state index in [1.54, 1.807) is 4.90 Å². The fraction of sp³-hybridized carbons (Fsp3) is 0.385. The first-order valence-electron chi connectivity index (χ1n) is 5.87. The predicted octanol–water partition coefficient (Wildman–Crippen LogP) is 1.75. The first-order valence-corrected chi connectivity index (χ1v) is 5.87. The smallest absolute Gasteiger partial charge is 0.245 e. The van der Waals surface area contributed by atoms with Gasteiger partial charge in [0.15, 0.2) is 0 Å². The third-order valence-electron chi connectivity index (χ3n) is 3.48. The molecule has 0 radical (unpaired) electrons. The number of hydrogen-bond acceptors (Lipinski definition) is 2. The minimum Gasteiger partial charge on any atom is -0.344 e. The summed E-state index contributed by atoms with van der Waals surface area (Å²) >= 11 is 0. The Morgan fingerprint density at radius 1 is 1.35 bits per heavy atom. The maximum Gasteiger partial charge on any atom is 0.245 e. The van der Waals surface area contributed by atoms with Gasteiger partial charge in [-0.05, 0) is 25.5 Å². The molecule has 4 nitrogen and oxygen atoms in total. The van der Waals surface area contributed by atoms with Gasteiger partial charge in [-0.15, -0.1) is 0 Å². The molecule has 4 heteroatoms. The van der Waals surface area contributed by atoms with Crippen LogP contribution in [0.1, 0.15) is 18.3 Å². The molecule has 1 unspecified atom stereocenters. The van der Waals surface area contributed by atoms with Crippen molar-refractivity contribution in [1.29, 1.82) is 0 Å². The molecule has 1 fully saturated rings. The summed E-state index contributed by atoms with van der Waals surface area (Å²) in [5.41, 5.74) is 2.02. The number of carbonyl (C=O) groups is 1. The number of para-hydroxylation sites is 2. The number of carbonyl (C=O) groups excluding carboxylic acids is 1. The maximum absolute atomic E-state index is 12.1. The van der Waals surface area contributed by atoms with E-state index in [0.29, 0.717) is 0 Å². The minimum absolute atomic E-state index is 0.0765. The van der Waals surface area contributed by atoms with Crippen LogP contribution < -0.4 is 0 Å². The first kappa shape index (κ1) is 10.3. The van der Waals surface area contributed by atoms with E-state index < -0.39 is 0 Å². The summed E-state index contributed by atoms with van der Waals surface area (Å²) in [5.74, 6) is 1.11. The topological polar surface area (TPSA) is 38.1 Å². The monoisotopic (exact) mass is 229 g/mol. The van der Waals surface area contributed by atoms with Gasteiger partial charge in [-0.3, -0.25) is 4.79 Å². The molecule has 0 bridgehead atoms. The molecule has 1 aliphatic heterocycles. The van der Waals surface area contributed by atoms with Crippen LogP contribution in [0.2, 0.25) is 0 Å². The number of aryl methyl sites for hydroxylation is 1. The summed E-state index contributed by atoms with van der Waals surface area (Å²) in [6.07, 6.45) is 0.872. The van der Waals surface area contributed by atoms with Crippen LogP contribution in [0.4, 0.5) is 0 Å². The van der Waals surface area contributed by atoms with E-state index in [1.165, 1.54) is 0 Å². The quantitative estimate of drug-likeness (QED) is 0.747. The van der Waals surface area contributed by atoms with Gasteiger partial charge in [-0.2, -0.15) is 0 Å². The normalized spacial score (nSPS) is 20.5. The summed E-state index contributed by atoms with van der Waals surface area (Å²) in [4.78, 5) is 18.4. The van der Waals surface area contributed by atoms with E-state index in [-0.39, 0.29) is 11.9 Å². The van der Waals surface area contributed by atoms with Crippen LogP contribution in [-0.2, 0) is 4.79 Å². The molecule has 1 aromatic carbocycles. The minimum atomic E-state index is -0.0765. The number of fused-ring (bicyclic) bond motifs is 1. The molecule has 0 saturated carbocycles. The molecular formula is C13H15N3O. The van der Waals surface area contributed by atoms with Crippen LogP contribution in [0.15, 0.2) is 24.3 Å². The van der Waals surface area contributed by atoms with Crippen molar-refractivity contribution in [3.63, 3.8) is 0 Å². The molecule has 2 aromatic rings. The van der Waals surface area contributed by atoms with E-state index in [0.717, 1.165) is 29.8 Å². The Kier molecular flexibility index (Phi) is 2.18. The van der Waals surface area contributed by atoms with Gasteiger partial charge in [0.1, 0.15) is 11.9 Å². The zero-order valence-electron chi connectivity index (χ0n) is 10.1. The molecule has 1 amide bonds. The van der Waals surface area contributed by atoms with Gasteiger partial charge in [0, 0.05) is 13.6 Å². The number of rotatable bonds is 1. The number of nitrogens with zero attached hydrogens (tertiary/aromatic N) is 3. The van der Waals surface area contributed by atoms with Gasteiger partial charge in [-0.25, -0.2) is 4.98 Å². The lowest BCUT2D eigenvalue weighted by molar-refractivity contribution is -0.129. The summed E-state index contributed by atoms with van der Waals surface area (Å²) in [6.45, 7) is 2.79. The molecule has 0 aliphatic carbocycles. The van der Waals surface area contributed by atoms with Gasteiger partial charge in [0.05, 0.1) is 11.0 Å². The summed E-state index contributed by atoms with van der Waals surface area (Å²) in [7, 11) is 1.86. The van der Waals surface area contributed by atoms with Crippen LogP contribution in [0.5, 0.6) is 0 Å². The number of hydrogen-bond donors (Lipinski definition) is 0. The average Bonchev–Trinajstić information content (AvgIpc) is 2.80. The van der Waals surface area contributed by atoms with E-state index in [4.69, 9.17) is 0 Å². The average molecular weight is 229 g/mol. The van der Waals surface area contributed by atoms with Crippen molar-refractivity contribution in [2.75, 3.05) is 13.6 Å². The Balaban J connectivity index is 2.17. The number of aromatic nitrogens is 2. The summed E-state index contributed by atoms with van der Waals surface area (Å²) in [5, 5.41) is 0. The Bertz CT molecular complexity index is 587. The lowest BCUT2D eigenvalue weighted by Gasteiger charge is -2.14. The number of imidazole rings is 1. The second kappa shape index (κ2) is 3.58. The van der Waals surface area contributed by atoms with Crippen molar-refractivity contribution in [2.45, 2.75) is 19.4 Å². The molecular weight excluding hydrogens is 214 g/mol. The van der Waals surface area contributed by atoms with Gasteiger partial charge in [-0.1, -0.05) is 12.1 Å². The molecule has 17 heavy (non-hydrogen) atoms. The second-order valence-corrected chi connectivity index (χ2v) is 4.58. The molecule has 3 rings (SSSR count). The van der Waals surface area contributed by atoms with Crippen LogP contribution >= 0.6 is 0 Å². The van der Waals surface area contributed by atoms with Crippen molar-refractivity contribution >= 4 is 16.9 Å². The van der Waals surface area contributed by atoms with Gasteiger partial charge >= 0.3 is 0 Å². The third kappa shape index (κ3) is 1.44. The molecule has 1 atom stereocenters. The zero-order chi connectivity index (χ0) is 12.0. The number of amides is 1. The zero-order valence-corrected chi connectivity index (χ0v) is 10.1. The van der Waals surface area contributed by atoms with E-state index >= 15 is 0 Å². The molecule has 88 valence electrons. The highest BCUT2D eigenvalue weighted by molar-refractivity contribution is 5.85. The number of likely N-dealkylation sites (N-methyl/N-ethyl adjacent to an activating group) is 1. The largest absolute Gasteiger partial charge is 0.344 e. The third-order valence-corrected chi connectivity index (χ3v) is 3.48. The van der Waals surface area contributed by atoms with Crippen molar-refractivity contribution in [3.8, 4) is 0 Å². The Hall–Kier alpha value is -1.84. The standard InChI is InChI=1S/C13H15N3O/c1-9-14-10-5-3-4-6-11(10)16(9)12-7-8-15(2)13(12)17/h3-6,12H,7-8H2,1-2H3. The first-order chi connectivity index (χ1) is 8.18. The van der Waals surface area contributed by atoms with Gasteiger partial charge in [0.25, 0.3) is 0 Å². The summed E-state index contributed by atoms with van der Waals surface area (Å²) in [6, 6.07) is 7.90. The fourth-order valence-corrected chi connectivity index (χ4v) is 2.60. The van der Waals surface area contributed by atoms with Gasteiger partial charge < -0.3 is 9.47 Å². The van der Waals surface area contributed by atoms with Crippen LogP contribution in [0.3, 0.4) is 0 Å². The maximum atomic E-state index is 12.1. The molecule has 1 saturated heterocycles. The Morgan fingerprint density at radius 3 is 2.82 bits per heavy atom. The van der Waals surface area contributed by atoms with Gasteiger partial charge in [0.2, 0.25) is 5.91 Å². The SMILES string of the molecule is Cc1nc2ccccc2n1C1CCN(C)C1=O. The van der Waals surface area contributed by atoms with Crippen LogP contribution in [0.25, 0.3) is 11.0 Å². The number of likely N-dealkylation sites (tertiary alicyclic amines) is 1. The lowest BCUT2D eigenvalue weighted by Crippen LogP contribution is -2.24. The highest BCUT2D eigenvalue weighted by Crippen LogP contribution is 2.28. The van der Waals surface area contributed by atoms with Crippen molar-refractivity contribution in [3.05, 3.63) is 30.1 Å². The van der Waals surface area contributed by atoms with E-state index in [9.17, 15) is 4.79 Å². The fourth-order valence-electron chi connectivity index (χ4n) is 2.60. The Labute approximate surface area is 99.9 Å². The van der Waals surface area contributed by atoms with Crippen molar-refractivity contribution < 1.29 is 4.79 Å². The van der Waals surface area contributed by atoms with Crippen LogP contribution in [0, 0.1) is 6.92 Å². The molecule has 2 heterocycles. The molecule has 0 spiro atoms. The summed E-state index contributed by atoms with van der Waals surface area (Å²) < 4.78 is 2.07. The van der Waals surface area contributed by atoms with Crippen molar-refractivity contribution in [1.82, 2.24) is 14.5 Å². The second-order valence-electron chi connectivity index (χ2n) is 4.58. The van der Waals surface area contributed by atoms with Crippen molar-refractivity contribution in [2.24, 2.45) is 0 Å². The highest BCUT2D eigenvalue weighted by atomic mass is 16.2. The lowest BCUT2D eigenvalue weighted by atomic mass is 10.2. The van der Waals surface area contributed by atoms with Crippen LogP contribution in [-0.4, -0.2) is 34.0 Å². The number of benzene rings is 1. The van der Waals surface area contributed by atoms with E-state index in [1.807, 2.05) is 38.2 Å². The van der Waals surface area contributed by atoms with E-state index in [2.05, 4.69) is 9.55 Å². The Morgan fingerprint density at radius 2 is 2.12 bits per heavy atom.